The van der Waals surface area contributed by atoms with Crippen molar-refractivity contribution in [3.63, 3.8) is 0 Å². The fraction of sp³-hybridized carbons (Fsp3) is 0.621. The van der Waals surface area contributed by atoms with Gasteiger partial charge in [0, 0.05) is 11.3 Å². The SMILES string of the molecule is C=CCN(C(=O)C1N([C@@H](CO)CC(C)C)C(=O)[C@@H]2[C@H](C(=O)OCC)[C@]3(C)CCC12S3)c1c(C)cccc1Cl. The molecule has 2 bridgehead atoms. The zero-order valence-electron chi connectivity index (χ0n) is 22.9. The number of esters is 1. The van der Waals surface area contributed by atoms with Gasteiger partial charge in [-0.05, 0) is 57.6 Å². The number of hydrogen-bond acceptors (Lipinski definition) is 6. The standard InChI is InChI=1S/C29H39ClN2O5S/c1-7-14-31(23-18(5)10-9-11-20(23)30)26(35)24-29-13-12-28(6,38-29)22(27(36)37-8-2)21(29)25(34)32(24)19(16-33)15-17(3)4/h7,9-11,17,19,21-22,24,33H,1,8,12-16H2,2-6H3/t19-,21+,22-,24?,28+,29?/m1/s1. The van der Waals surface area contributed by atoms with Crippen molar-refractivity contribution in [2.24, 2.45) is 17.8 Å². The van der Waals surface area contributed by atoms with E-state index in [2.05, 4.69) is 6.58 Å². The van der Waals surface area contributed by atoms with Crippen LogP contribution in [0.2, 0.25) is 5.02 Å². The molecule has 38 heavy (non-hydrogen) atoms. The number of benzene rings is 1. The van der Waals surface area contributed by atoms with Crippen LogP contribution in [0.15, 0.2) is 30.9 Å². The Morgan fingerprint density at radius 3 is 2.66 bits per heavy atom. The van der Waals surface area contributed by atoms with E-state index in [1.807, 2.05) is 39.8 Å². The Morgan fingerprint density at radius 1 is 1.37 bits per heavy atom. The van der Waals surface area contributed by atoms with Gasteiger partial charge in [-0.2, -0.15) is 0 Å². The third kappa shape index (κ3) is 4.46. The number of thioether (sulfide) groups is 1. The Hall–Kier alpha value is -2.03. The quantitative estimate of drug-likeness (QED) is 0.331. The number of amides is 2. The van der Waals surface area contributed by atoms with Crippen molar-refractivity contribution in [3.05, 3.63) is 41.4 Å². The second-order valence-corrected chi connectivity index (χ2v) is 13.6. The maximum Gasteiger partial charge on any atom is 0.311 e. The number of carbonyl (C=O) groups is 3. The van der Waals surface area contributed by atoms with E-state index in [0.29, 0.717) is 30.0 Å². The molecule has 3 aliphatic rings. The van der Waals surface area contributed by atoms with Crippen molar-refractivity contribution < 1.29 is 24.2 Å². The van der Waals surface area contributed by atoms with E-state index in [1.54, 1.807) is 40.6 Å². The number of nitrogens with zero attached hydrogens (tertiary/aromatic N) is 2. The number of aliphatic hydroxyl groups excluding tert-OH is 1. The highest BCUT2D eigenvalue weighted by Crippen LogP contribution is 2.72. The van der Waals surface area contributed by atoms with E-state index in [0.717, 1.165) is 5.56 Å². The molecule has 4 rings (SSSR count). The van der Waals surface area contributed by atoms with Gasteiger partial charge in [0.15, 0.2) is 0 Å². The molecule has 1 aromatic rings. The van der Waals surface area contributed by atoms with E-state index < -0.39 is 33.4 Å². The van der Waals surface area contributed by atoms with Gasteiger partial charge >= 0.3 is 5.97 Å². The van der Waals surface area contributed by atoms with Crippen LogP contribution in [0, 0.1) is 24.7 Å². The summed E-state index contributed by atoms with van der Waals surface area (Å²) in [6, 6.07) is 4.06. The first-order chi connectivity index (χ1) is 18.0. The summed E-state index contributed by atoms with van der Waals surface area (Å²) < 4.78 is 4.15. The highest BCUT2D eigenvalue weighted by molar-refractivity contribution is 8.02. The summed E-state index contributed by atoms with van der Waals surface area (Å²) in [4.78, 5) is 45.6. The van der Waals surface area contributed by atoms with Crippen LogP contribution in [-0.2, 0) is 19.1 Å². The van der Waals surface area contributed by atoms with Gasteiger partial charge in [-0.25, -0.2) is 0 Å². The lowest BCUT2D eigenvalue weighted by atomic mass is 9.66. The summed E-state index contributed by atoms with van der Waals surface area (Å²) in [5.41, 5.74) is 1.42. The molecule has 3 aliphatic heterocycles. The van der Waals surface area contributed by atoms with Crippen LogP contribution >= 0.6 is 23.4 Å². The summed E-state index contributed by atoms with van der Waals surface area (Å²) in [6.07, 6.45) is 3.50. The normalized spacial score (nSPS) is 30.5. The number of likely N-dealkylation sites (tertiary alicyclic amines) is 1. The molecule has 0 radical (unpaired) electrons. The fourth-order valence-electron chi connectivity index (χ4n) is 6.98. The largest absolute Gasteiger partial charge is 0.466 e. The first-order valence-electron chi connectivity index (χ1n) is 13.4. The van der Waals surface area contributed by atoms with Crippen molar-refractivity contribution in [2.75, 3.05) is 24.7 Å². The average molecular weight is 563 g/mol. The third-order valence-corrected chi connectivity index (χ3v) is 10.7. The molecule has 1 aromatic carbocycles. The van der Waals surface area contributed by atoms with Crippen molar-refractivity contribution in [1.29, 1.82) is 0 Å². The molecule has 3 heterocycles. The van der Waals surface area contributed by atoms with Gasteiger partial charge in [-0.3, -0.25) is 14.4 Å². The Balaban J connectivity index is 1.89. The number of anilines is 1. The number of hydrogen-bond donors (Lipinski definition) is 1. The van der Waals surface area contributed by atoms with Gasteiger partial charge < -0.3 is 19.6 Å². The molecule has 2 unspecified atom stereocenters. The molecule has 208 valence electrons. The Labute approximate surface area is 234 Å². The molecule has 2 amide bonds. The number of rotatable bonds is 10. The second kappa shape index (κ2) is 10.9. The summed E-state index contributed by atoms with van der Waals surface area (Å²) in [6.45, 7) is 13.8. The number of fused-ring (bicyclic) bond motifs is 1. The second-order valence-electron chi connectivity index (χ2n) is 11.3. The molecular weight excluding hydrogens is 524 g/mol. The monoisotopic (exact) mass is 562 g/mol. The van der Waals surface area contributed by atoms with Gasteiger partial charge in [-0.15, -0.1) is 18.3 Å². The topological polar surface area (TPSA) is 87.2 Å². The summed E-state index contributed by atoms with van der Waals surface area (Å²) in [7, 11) is 0. The van der Waals surface area contributed by atoms with Crippen molar-refractivity contribution in [2.45, 2.75) is 75.5 Å². The summed E-state index contributed by atoms with van der Waals surface area (Å²) in [5.74, 6) is -2.05. The molecule has 7 nitrogen and oxygen atoms in total. The molecular formula is C29H39ClN2O5S. The van der Waals surface area contributed by atoms with Crippen LogP contribution in [0.25, 0.3) is 0 Å². The van der Waals surface area contributed by atoms with Crippen molar-refractivity contribution in [1.82, 2.24) is 4.90 Å². The Kier molecular flexibility index (Phi) is 8.27. The van der Waals surface area contributed by atoms with Crippen LogP contribution in [0.4, 0.5) is 5.69 Å². The summed E-state index contributed by atoms with van der Waals surface area (Å²) in [5, 5.41) is 10.9. The molecule has 6 atom stereocenters. The first kappa shape index (κ1) is 29.0. The van der Waals surface area contributed by atoms with Gasteiger partial charge in [0.25, 0.3) is 5.91 Å². The Morgan fingerprint density at radius 2 is 2.08 bits per heavy atom. The molecule has 3 fully saturated rings. The highest BCUT2D eigenvalue weighted by Gasteiger charge is 2.78. The van der Waals surface area contributed by atoms with Gasteiger partial charge in [0.1, 0.15) is 6.04 Å². The Bertz CT molecular complexity index is 1110. The zero-order valence-corrected chi connectivity index (χ0v) is 24.5. The zero-order chi connectivity index (χ0) is 28.0. The van der Waals surface area contributed by atoms with Gasteiger partial charge in [-0.1, -0.05) is 43.7 Å². The smallest absolute Gasteiger partial charge is 0.311 e. The molecule has 0 aromatic heterocycles. The lowest BCUT2D eigenvalue weighted by Gasteiger charge is -2.40. The molecule has 1 spiro atoms. The first-order valence-corrected chi connectivity index (χ1v) is 14.6. The van der Waals surface area contributed by atoms with E-state index in [4.69, 9.17) is 16.3 Å². The highest BCUT2D eigenvalue weighted by atomic mass is 35.5. The number of ether oxygens (including phenoxy) is 1. The van der Waals surface area contributed by atoms with E-state index >= 15 is 0 Å². The van der Waals surface area contributed by atoms with E-state index in [9.17, 15) is 19.5 Å². The minimum atomic E-state index is -0.863. The molecule has 9 heteroatoms. The number of halogens is 1. The van der Waals surface area contributed by atoms with Crippen LogP contribution in [0.5, 0.6) is 0 Å². The van der Waals surface area contributed by atoms with Crippen molar-refractivity contribution in [3.8, 4) is 0 Å². The van der Waals surface area contributed by atoms with E-state index in [1.165, 1.54) is 0 Å². The average Bonchev–Trinajstić information content (AvgIpc) is 3.42. The lowest BCUT2D eigenvalue weighted by Crippen LogP contribution is -2.58. The van der Waals surface area contributed by atoms with Crippen LogP contribution < -0.4 is 4.90 Å². The number of para-hydroxylation sites is 1. The minimum Gasteiger partial charge on any atom is -0.466 e. The lowest BCUT2D eigenvalue weighted by molar-refractivity contribution is -0.155. The predicted octanol–water partition coefficient (Wildman–Crippen LogP) is 4.62. The van der Waals surface area contributed by atoms with Crippen LogP contribution in [-0.4, -0.2) is 69.1 Å². The van der Waals surface area contributed by atoms with Gasteiger partial charge in [0.05, 0.1) is 46.5 Å². The van der Waals surface area contributed by atoms with Gasteiger partial charge in [0.2, 0.25) is 5.91 Å². The molecule has 3 saturated heterocycles. The van der Waals surface area contributed by atoms with Crippen LogP contribution in [0.1, 0.15) is 52.5 Å². The minimum absolute atomic E-state index is 0.186. The molecule has 0 aliphatic carbocycles. The maximum atomic E-state index is 14.7. The molecule has 1 N–H and O–H groups in total. The summed E-state index contributed by atoms with van der Waals surface area (Å²) >= 11 is 8.22. The number of carbonyl (C=O) groups excluding carboxylic acids is 3. The fourth-order valence-corrected chi connectivity index (χ4v) is 9.63. The predicted molar refractivity (Wildman–Crippen MR) is 151 cm³/mol. The maximum absolute atomic E-state index is 14.7. The molecule has 0 saturated carbocycles. The number of aliphatic hydroxyl groups is 1. The van der Waals surface area contributed by atoms with E-state index in [-0.39, 0.29) is 43.5 Å². The van der Waals surface area contributed by atoms with Crippen molar-refractivity contribution >= 4 is 46.8 Å². The van der Waals surface area contributed by atoms with Crippen LogP contribution in [0.3, 0.4) is 0 Å². The number of aryl methyl sites for hydroxylation is 1. The third-order valence-electron chi connectivity index (χ3n) is 8.37.